The second-order valence-electron chi connectivity index (χ2n) is 4.97. The number of hydrogen-bond donors (Lipinski definition) is 2. The Labute approximate surface area is 115 Å². The van der Waals surface area contributed by atoms with Crippen LogP contribution in [-0.4, -0.2) is 29.1 Å². The number of carbonyl (C=O) groups is 1. The summed E-state index contributed by atoms with van der Waals surface area (Å²) >= 11 is 0. The first-order valence-corrected chi connectivity index (χ1v) is 6.24. The van der Waals surface area contributed by atoms with Crippen LogP contribution in [0.15, 0.2) is 12.1 Å². The molecule has 1 aliphatic rings. The summed E-state index contributed by atoms with van der Waals surface area (Å²) in [6.45, 7) is 5.15. The molecule has 1 fully saturated rings. The summed E-state index contributed by atoms with van der Waals surface area (Å²) in [7, 11) is 1.93. The van der Waals surface area contributed by atoms with Gasteiger partial charge in [-0.25, -0.2) is 0 Å². The maximum atomic E-state index is 12.1. The van der Waals surface area contributed by atoms with E-state index in [9.17, 15) is 4.79 Å². The van der Waals surface area contributed by atoms with Gasteiger partial charge in [-0.3, -0.25) is 4.79 Å². The molecule has 0 radical (unpaired) electrons. The number of halogens is 1. The molecule has 2 N–H and O–H groups in total. The van der Waals surface area contributed by atoms with Gasteiger partial charge in [0.1, 0.15) is 5.69 Å². The molecule has 0 bridgehead atoms. The Morgan fingerprint density at radius 2 is 2.22 bits per heavy atom. The molecule has 2 atom stereocenters. The summed E-state index contributed by atoms with van der Waals surface area (Å²) in [6, 6.07) is 4.65. The van der Waals surface area contributed by atoms with Crippen molar-refractivity contribution in [2.45, 2.75) is 38.8 Å². The molecule has 2 unspecified atom stereocenters. The maximum absolute atomic E-state index is 12.1. The minimum absolute atomic E-state index is 0. The lowest BCUT2D eigenvalue weighted by molar-refractivity contribution is 0.0917. The average Bonchev–Trinajstić information content (AvgIpc) is 2.60. The molecule has 1 aliphatic heterocycles. The lowest BCUT2D eigenvalue weighted by Gasteiger charge is -2.28. The third kappa shape index (κ3) is 3.27. The fourth-order valence-electron chi connectivity index (χ4n) is 2.36. The Morgan fingerprint density at radius 1 is 1.50 bits per heavy atom. The van der Waals surface area contributed by atoms with Gasteiger partial charge < -0.3 is 15.2 Å². The smallest absolute Gasteiger partial charge is 0.268 e. The molecule has 4 nitrogen and oxygen atoms in total. The van der Waals surface area contributed by atoms with Crippen LogP contribution in [-0.2, 0) is 7.05 Å². The first kappa shape index (κ1) is 15.1. The van der Waals surface area contributed by atoms with Crippen molar-refractivity contribution >= 4 is 18.3 Å². The third-order valence-corrected chi connectivity index (χ3v) is 3.56. The molecule has 1 amide bonds. The summed E-state index contributed by atoms with van der Waals surface area (Å²) in [6.07, 6.45) is 2.02. The largest absolute Gasteiger partial charge is 0.348 e. The van der Waals surface area contributed by atoms with Crippen LogP contribution in [0.3, 0.4) is 0 Å². The van der Waals surface area contributed by atoms with Crippen molar-refractivity contribution in [3.05, 3.63) is 23.5 Å². The van der Waals surface area contributed by atoms with E-state index in [-0.39, 0.29) is 18.3 Å². The van der Waals surface area contributed by atoms with Crippen LogP contribution in [0.5, 0.6) is 0 Å². The minimum Gasteiger partial charge on any atom is -0.348 e. The van der Waals surface area contributed by atoms with Crippen LogP contribution in [0.25, 0.3) is 0 Å². The molecule has 102 valence electrons. The maximum Gasteiger partial charge on any atom is 0.268 e. The van der Waals surface area contributed by atoms with Gasteiger partial charge in [-0.2, -0.15) is 0 Å². The van der Waals surface area contributed by atoms with Crippen LogP contribution in [0.2, 0.25) is 0 Å². The summed E-state index contributed by atoms with van der Waals surface area (Å²) in [4.78, 5) is 12.1. The highest BCUT2D eigenvalue weighted by Crippen LogP contribution is 2.11. The lowest BCUT2D eigenvalue weighted by atomic mass is 10.0. The molecule has 0 spiro atoms. The zero-order valence-corrected chi connectivity index (χ0v) is 12.0. The fraction of sp³-hybridized carbons (Fsp3) is 0.615. The molecule has 0 aliphatic carbocycles. The molecule has 1 aromatic rings. The van der Waals surface area contributed by atoms with Crippen molar-refractivity contribution in [1.29, 1.82) is 0 Å². The molecule has 2 heterocycles. The van der Waals surface area contributed by atoms with E-state index in [4.69, 9.17) is 0 Å². The second-order valence-corrected chi connectivity index (χ2v) is 4.97. The van der Waals surface area contributed by atoms with Crippen molar-refractivity contribution in [3.63, 3.8) is 0 Å². The van der Waals surface area contributed by atoms with Crippen LogP contribution >= 0.6 is 12.4 Å². The van der Waals surface area contributed by atoms with Crippen molar-refractivity contribution in [3.8, 4) is 0 Å². The van der Waals surface area contributed by atoms with E-state index in [0.29, 0.717) is 12.1 Å². The zero-order chi connectivity index (χ0) is 12.4. The zero-order valence-electron chi connectivity index (χ0n) is 11.2. The first-order chi connectivity index (χ1) is 8.08. The topological polar surface area (TPSA) is 46.1 Å². The molecule has 1 saturated heterocycles. The quantitative estimate of drug-likeness (QED) is 0.859. The van der Waals surface area contributed by atoms with Gasteiger partial charge in [-0.05, 0) is 45.4 Å². The Kier molecular flexibility index (Phi) is 5.23. The number of carbonyl (C=O) groups excluding carboxylic acids is 1. The molecule has 5 heteroatoms. The predicted molar refractivity (Wildman–Crippen MR) is 75.4 cm³/mol. The summed E-state index contributed by atoms with van der Waals surface area (Å²) in [5, 5.41) is 6.50. The fourth-order valence-corrected chi connectivity index (χ4v) is 2.36. The summed E-state index contributed by atoms with van der Waals surface area (Å²) < 4.78 is 1.93. The van der Waals surface area contributed by atoms with Crippen molar-refractivity contribution in [2.24, 2.45) is 7.05 Å². The molecular formula is C13H22ClN3O. The van der Waals surface area contributed by atoms with Crippen LogP contribution in [0, 0.1) is 6.92 Å². The monoisotopic (exact) mass is 271 g/mol. The van der Waals surface area contributed by atoms with Gasteiger partial charge in [0, 0.05) is 24.8 Å². The van der Waals surface area contributed by atoms with Gasteiger partial charge in [0.25, 0.3) is 5.91 Å². The first-order valence-electron chi connectivity index (χ1n) is 6.24. The highest BCUT2D eigenvalue weighted by Gasteiger charge is 2.21. The molecule has 0 saturated carbocycles. The van der Waals surface area contributed by atoms with Crippen LogP contribution in [0.1, 0.15) is 35.9 Å². The van der Waals surface area contributed by atoms with Crippen molar-refractivity contribution in [1.82, 2.24) is 15.2 Å². The SMILES string of the molecule is Cc1ccc(C(=O)NC2CCNC(C)C2)n1C.Cl. The number of nitrogens with one attached hydrogen (secondary N) is 2. The molecular weight excluding hydrogens is 250 g/mol. The molecule has 18 heavy (non-hydrogen) atoms. The van der Waals surface area contributed by atoms with E-state index in [1.807, 2.05) is 30.7 Å². The standard InChI is InChI=1S/C13H21N3O.ClH/c1-9-8-11(6-7-14-9)15-13(17)12-5-4-10(2)16(12)3;/h4-5,9,11,14H,6-8H2,1-3H3,(H,15,17);1H. The van der Waals surface area contributed by atoms with E-state index >= 15 is 0 Å². The normalized spacial score (nSPS) is 23.3. The highest BCUT2D eigenvalue weighted by molar-refractivity contribution is 5.93. The molecule has 2 rings (SSSR count). The Balaban J connectivity index is 0.00000162. The summed E-state index contributed by atoms with van der Waals surface area (Å²) in [5.41, 5.74) is 1.85. The Morgan fingerprint density at radius 3 is 2.78 bits per heavy atom. The van der Waals surface area contributed by atoms with Gasteiger partial charge in [-0.1, -0.05) is 0 Å². The molecule has 1 aromatic heterocycles. The van der Waals surface area contributed by atoms with E-state index in [1.165, 1.54) is 0 Å². The van der Waals surface area contributed by atoms with E-state index in [0.717, 1.165) is 30.8 Å². The van der Waals surface area contributed by atoms with Gasteiger partial charge >= 0.3 is 0 Å². The number of hydrogen-bond acceptors (Lipinski definition) is 2. The van der Waals surface area contributed by atoms with Gasteiger partial charge in [0.2, 0.25) is 0 Å². The van der Waals surface area contributed by atoms with Crippen LogP contribution in [0.4, 0.5) is 0 Å². The van der Waals surface area contributed by atoms with Gasteiger partial charge in [0.15, 0.2) is 0 Å². The van der Waals surface area contributed by atoms with Gasteiger partial charge in [0.05, 0.1) is 0 Å². The summed E-state index contributed by atoms with van der Waals surface area (Å²) in [5.74, 6) is 0.0414. The minimum atomic E-state index is 0. The third-order valence-electron chi connectivity index (χ3n) is 3.56. The highest BCUT2D eigenvalue weighted by atomic mass is 35.5. The number of aryl methyl sites for hydroxylation is 1. The van der Waals surface area contributed by atoms with Gasteiger partial charge in [-0.15, -0.1) is 12.4 Å². The van der Waals surface area contributed by atoms with Crippen molar-refractivity contribution < 1.29 is 4.79 Å². The Bertz CT molecular complexity index is 416. The number of amides is 1. The van der Waals surface area contributed by atoms with E-state index in [1.54, 1.807) is 0 Å². The number of rotatable bonds is 2. The number of nitrogens with zero attached hydrogens (tertiary/aromatic N) is 1. The molecule has 0 aromatic carbocycles. The number of piperidine rings is 1. The lowest BCUT2D eigenvalue weighted by Crippen LogP contribution is -2.46. The van der Waals surface area contributed by atoms with E-state index < -0.39 is 0 Å². The van der Waals surface area contributed by atoms with E-state index in [2.05, 4.69) is 17.6 Å². The second kappa shape index (κ2) is 6.25. The average molecular weight is 272 g/mol. The van der Waals surface area contributed by atoms with Crippen LogP contribution < -0.4 is 10.6 Å². The predicted octanol–water partition coefficient (Wildman–Crippen LogP) is 1.63. The Hall–Kier alpha value is -1.00. The van der Waals surface area contributed by atoms with Crippen molar-refractivity contribution in [2.75, 3.05) is 6.54 Å². The number of aromatic nitrogens is 1.